The predicted octanol–water partition coefficient (Wildman–Crippen LogP) is 22.7. The summed E-state index contributed by atoms with van der Waals surface area (Å²) in [5.41, 5.74) is 0. The van der Waals surface area contributed by atoms with Gasteiger partial charge in [-0.05, 0) is 37.5 Å². The number of esters is 4. The molecule has 0 aliphatic heterocycles. The average molecular weight is 1410 g/mol. The molecule has 0 radical (unpaired) electrons. The van der Waals surface area contributed by atoms with Crippen molar-refractivity contribution in [3.05, 3.63) is 0 Å². The van der Waals surface area contributed by atoms with Gasteiger partial charge in [-0.15, -0.1) is 0 Å². The quantitative estimate of drug-likeness (QED) is 0.0222. The third-order valence-corrected chi connectivity index (χ3v) is 19.9. The summed E-state index contributed by atoms with van der Waals surface area (Å²) >= 11 is 0. The van der Waals surface area contributed by atoms with Crippen molar-refractivity contribution in [1.82, 2.24) is 0 Å². The van der Waals surface area contributed by atoms with Crippen LogP contribution in [0.3, 0.4) is 0 Å². The molecule has 570 valence electrons. The van der Waals surface area contributed by atoms with Gasteiger partial charge >= 0.3 is 39.5 Å². The molecule has 0 saturated heterocycles. The molecule has 0 aromatic heterocycles. The number of aliphatic hydroxyl groups is 1. The van der Waals surface area contributed by atoms with Crippen molar-refractivity contribution >= 4 is 39.5 Å². The molecule has 0 aromatic rings. The molecule has 0 amide bonds. The molecule has 19 heteroatoms. The average Bonchev–Trinajstić information content (AvgIpc) is 1.53. The van der Waals surface area contributed by atoms with Gasteiger partial charge in [0.1, 0.15) is 19.3 Å². The fraction of sp³-hybridized carbons (Fsp3) is 0.948. The van der Waals surface area contributed by atoms with Crippen LogP contribution in [0.1, 0.15) is 401 Å². The van der Waals surface area contributed by atoms with E-state index in [0.717, 1.165) is 108 Å². The molecule has 0 aromatic carbocycles. The molecule has 0 saturated carbocycles. The zero-order valence-electron chi connectivity index (χ0n) is 62.7. The smallest absolute Gasteiger partial charge is 0.462 e. The monoisotopic (exact) mass is 1410 g/mol. The van der Waals surface area contributed by atoms with Gasteiger partial charge < -0.3 is 33.8 Å². The minimum atomic E-state index is -4.96. The van der Waals surface area contributed by atoms with E-state index in [1.54, 1.807) is 0 Å². The Bertz CT molecular complexity index is 1860. The first-order valence-electron chi connectivity index (χ1n) is 40.0. The van der Waals surface area contributed by atoms with Gasteiger partial charge in [-0.25, -0.2) is 9.13 Å². The highest BCUT2D eigenvalue weighted by Gasteiger charge is 2.30. The lowest BCUT2D eigenvalue weighted by Gasteiger charge is -2.21. The number of hydrogen-bond acceptors (Lipinski definition) is 15. The van der Waals surface area contributed by atoms with Crippen molar-refractivity contribution < 1.29 is 80.2 Å². The minimum Gasteiger partial charge on any atom is -0.462 e. The van der Waals surface area contributed by atoms with Gasteiger partial charge in [0, 0.05) is 25.7 Å². The van der Waals surface area contributed by atoms with Gasteiger partial charge in [-0.2, -0.15) is 0 Å². The van der Waals surface area contributed by atoms with Crippen LogP contribution in [0.15, 0.2) is 0 Å². The predicted molar refractivity (Wildman–Crippen MR) is 391 cm³/mol. The number of carbonyl (C=O) groups is 4. The Kier molecular flexibility index (Phi) is 67.4. The summed E-state index contributed by atoms with van der Waals surface area (Å²) in [5, 5.41) is 10.6. The zero-order chi connectivity index (χ0) is 70.7. The maximum atomic E-state index is 13.1. The Morgan fingerprint density at radius 3 is 0.708 bits per heavy atom. The van der Waals surface area contributed by atoms with Gasteiger partial charge in [0.2, 0.25) is 0 Å². The number of rotatable bonds is 76. The standard InChI is InChI=1S/C77H150O17P2/c1-7-9-11-13-14-15-16-17-18-19-22-27-32-37-42-48-54-60-75(80)88-66-73(94-77(82)62-55-49-43-38-33-28-23-20-21-25-30-35-40-46-51-57-69(3)4)68-92-96(85,86)90-64-71(78)63-89-95(83,84)91-67-72(65-87-74(79)59-53-45-12-10-8-2)93-76(81)61-56-50-44-39-34-29-24-26-31-36-41-47-52-58-70(5)6/h69-73,78H,7-68H2,1-6H3,(H,83,84)(H,85,86)/t71-,72+,73+/m0/s1. The molecule has 0 spiro atoms. The molecule has 0 fully saturated rings. The normalized spacial score (nSPS) is 14.0. The van der Waals surface area contributed by atoms with E-state index in [1.807, 2.05) is 0 Å². The maximum absolute atomic E-state index is 13.1. The van der Waals surface area contributed by atoms with Crippen LogP contribution in [0, 0.1) is 11.8 Å². The molecule has 2 unspecified atom stereocenters. The van der Waals surface area contributed by atoms with E-state index in [4.69, 9.17) is 37.0 Å². The number of unbranched alkanes of at least 4 members (excludes halogenated alkanes) is 46. The topological polar surface area (TPSA) is 237 Å². The first-order chi connectivity index (χ1) is 46.4. The molecule has 0 aliphatic rings. The van der Waals surface area contributed by atoms with Crippen LogP contribution >= 0.6 is 15.6 Å². The molecule has 0 heterocycles. The zero-order valence-corrected chi connectivity index (χ0v) is 64.5. The fourth-order valence-electron chi connectivity index (χ4n) is 11.8. The summed E-state index contributed by atoms with van der Waals surface area (Å²) in [4.78, 5) is 72.6. The summed E-state index contributed by atoms with van der Waals surface area (Å²) < 4.78 is 68.4. The second-order valence-corrected chi connectivity index (χ2v) is 31.6. The van der Waals surface area contributed by atoms with Gasteiger partial charge in [0.05, 0.1) is 26.4 Å². The Morgan fingerprint density at radius 1 is 0.281 bits per heavy atom. The van der Waals surface area contributed by atoms with Crippen LogP contribution in [0.25, 0.3) is 0 Å². The molecule has 96 heavy (non-hydrogen) atoms. The lowest BCUT2D eigenvalue weighted by atomic mass is 10.0. The lowest BCUT2D eigenvalue weighted by Crippen LogP contribution is -2.30. The van der Waals surface area contributed by atoms with Crippen LogP contribution in [0.4, 0.5) is 0 Å². The second kappa shape index (κ2) is 68.8. The van der Waals surface area contributed by atoms with Gasteiger partial charge in [-0.1, -0.05) is 350 Å². The summed E-state index contributed by atoms with van der Waals surface area (Å²) in [7, 11) is -9.90. The fourth-order valence-corrected chi connectivity index (χ4v) is 13.4. The Hall–Kier alpha value is -1.94. The van der Waals surface area contributed by atoms with Crippen LogP contribution in [-0.4, -0.2) is 96.7 Å². The number of phosphoric acid groups is 2. The number of ether oxygens (including phenoxy) is 4. The highest BCUT2D eigenvalue weighted by molar-refractivity contribution is 7.47. The lowest BCUT2D eigenvalue weighted by molar-refractivity contribution is -0.161. The summed E-state index contributed by atoms with van der Waals surface area (Å²) in [5.74, 6) is -0.535. The van der Waals surface area contributed by atoms with Crippen LogP contribution < -0.4 is 0 Å². The van der Waals surface area contributed by atoms with Crippen molar-refractivity contribution in [3.8, 4) is 0 Å². The van der Waals surface area contributed by atoms with E-state index in [9.17, 15) is 43.2 Å². The molecule has 3 N–H and O–H groups in total. The SMILES string of the molecule is CCCCCCCCCCCCCCCCCCCC(=O)OC[C@H](COP(=O)(O)OC[C@@H](O)COP(=O)(O)OC[C@@H](COC(=O)CCCCCCC)OC(=O)CCCCCCCCCCCCCCCC(C)C)OC(=O)CCCCCCCCCCCCCCCCCC(C)C. The number of aliphatic hydroxyl groups excluding tert-OH is 1. The summed E-state index contributed by atoms with van der Waals surface area (Å²) in [6.45, 7) is 9.56. The van der Waals surface area contributed by atoms with E-state index < -0.39 is 97.5 Å². The van der Waals surface area contributed by atoms with Gasteiger partial charge in [0.25, 0.3) is 0 Å². The molecular formula is C77H150O17P2. The molecule has 5 atom stereocenters. The van der Waals surface area contributed by atoms with Gasteiger partial charge in [0.15, 0.2) is 12.2 Å². The molecule has 17 nitrogen and oxygen atoms in total. The molecular weight excluding hydrogens is 1260 g/mol. The Morgan fingerprint density at radius 2 is 0.479 bits per heavy atom. The third kappa shape index (κ3) is 70.5. The highest BCUT2D eigenvalue weighted by Crippen LogP contribution is 2.45. The summed E-state index contributed by atoms with van der Waals surface area (Å²) in [6, 6.07) is 0. The van der Waals surface area contributed by atoms with Crippen molar-refractivity contribution in [3.63, 3.8) is 0 Å². The molecule has 0 rings (SSSR count). The second-order valence-electron chi connectivity index (χ2n) is 28.7. The Labute approximate surface area is 588 Å². The van der Waals surface area contributed by atoms with Crippen molar-refractivity contribution in [1.29, 1.82) is 0 Å². The van der Waals surface area contributed by atoms with Crippen LogP contribution in [-0.2, 0) is 65.4 Å². The van der Waals surface area contributed by atoms with Crippen molar-refractivity contribution in [2.75, 3.05) is 39.6 Å². The third-order valence-electron chi connectivity index (χ3n) is 18.0. The first-order valence-corrected chi connectivity index (χ1v) is 43.0. The van der Waals surface area contributed by atoms with E-state index in [0.29, 0.717) is 25.7 Å². The molecule has 0 bridgehead atoms. The van der Waals surface area contributed by atoms with Crippen LogP contribution in [0.2, 0.25) is 0 Å². The van der Waals surface area contributed by atoms with Gasteiger partial charge in [-0.3, -0.25) is 37.3 Å². The van der Waals surface area contributed by atoms with E-state index in [2.05, 4.69) is 41.5 Å². The van der Waals surface area contributed by atoms with Crippen molar-refractivity contribution in [2.24, 2.45) is 11.8 Å². The van der Waals surface area contributed by atoms with Crippen LogP contribution in [0.5, 0.6) is 0 Å². The van der Waals surface area contributed by atoms with E-state index in [1.165, 1.54) is 212 Å². The van der Waals surface area contributed by atoms with E-state index in [-0.39, 0.29) is 25.7 Å². The number of phosphoric ester groups is 2. The largest absolute Gasteiger partial charge is 0.472 e. The number of hydrogen-bond donors (Lipinski definition) is 3. The maximum Gasteiger partial charge on any atom is 0.472 e. The highest BCUT2D eigenvalue weighted by atomic mass is 31.2. The number of carbonyl (C=O) groups excluding carboxylic acids is 4. The molecule has 0 aliphatic carbocycles. The Balaban J connectivity index is 5.14. The first kappa shape index (κ1) is 94.1. The van der Waals surface area contributed by atoms with E-state index >= 15 is 0 Å². The summed E-state index contributed by atoms with van der Waals surface area (Å²) in [6.07, 6.45) is 57.3. The van der Waals surface area contributed by atoms with Crippen molar-refractivity contribution in [2.45, 2.75) is 419 Å². The minimum absolute atomic E-state index is 0.106.